The molecule has 82 valence electrons. The van der Waals surface area contributed by atoms with Gasteiger partial charge >= 0.3 is 0 Å². The molecule has 0 aromatic carbocycles. The summed E-state index contributed by atoms with van der Waals surface area (Å²) in [6.45, 7) is 9.76. The SMILES string of the molecule is CCCCN1CC2(CC2)CNCC1C. The van der Waals surface area contributed by atoms with Crippen molar-refractivity contribution in [2.24, 2.45) is 5.41 Å². The number of unbranched alkanes of at least 4 members (excludes halogenated alkanes) is 1. The molecule has 1 saturated carbocycles. The van der Waals surface area contributed by atoms with Gasteiger partial charge in [-0.15, -0.1) is 0 Å². The summed E-state index contributed by atoms with van der Waals surface area (Å²) < 4.78 is 0. The number of nitrogens with one attached hydrogen (secondary N) is 1. The number of hydrogen-bond acceptors (Lipinski definition) is 2. The van der Waals surface area contributed by atoms with Crippen molar-refractivity contribution in [1.82, 2.24) is 10.2 Å². The molecule has 0 aromatic rings. The first kappa shape index (κ1) is 10.4. The van der Waals surface area contributed by atoms with Crippen LogP contribution in [0.5, 0.6) is 0 Å². The van der Waals surface area contributed by atoms with Gasteiger partial charge in [0.15, 0.2) is 0 Å². The summed E-state index contributed by atoms with van der Waals surface area (Å²) in [5.41, 5.74) is 0.679. The standard InChI is InChI=1S/C12H24N2/c1-3-4-7-14-10-12(5-6-12)9-13-8-11(14)2/h11,13H,3-10H2,1-2H3. The van der Waals surface area contributed by atoms with Crippen molar-refractivity contribution in [2.45, 2.75) is 45.6 Å². The van der Waals surface area contributed by atoms with Crippen LogP contribution in [0.2, 0.25) is 0 Å². The van der Waals surface area contributed by atoms with Crippen molar-refractivity contribution < 1.29 is 0 Å². The summed E-state index contributed by atoms with van der Waals surface area (Å²) in [5.74, 6) is 0. The number of hydrogen-bond donors (Lipinski definition) is 1. The monoisotopic (exact) mass is 196 g/mol. The van der Waals surface area contributed by atoms with Gasteiger partial charge < -0.3 is 5.32 Å². The molecule has 2 heteroatoms. The molecule has 1 heterocycles. The summed E-state index contributed by atoms with van der Waals surface area (Å²) in [6.07, 6.45) is 5.59. The molecule has 1 atom stereocenters. The van der Waals surface area contributed by atoms with Crippen LogP contribution in [0.1, 0.15) is 39.5 Å². The molecule has 2 fully saturated rings. The minimum atomic E-state index is 0.679. The third-order valence-electron chi connectivity index (χ3n) is 3.86. The van der Waals surface area contributed by atoms with Crippen LogP contribution in [-0.4, -0.2) is 37.1 Å². The molecule has 1 unspecified atom stereocenters. The van der Waals surface area contributed by atoms with E-state index in [1.165, 1.54) is 51.9 Å². The molecule has 1 saturated heterocycles. The summed E-state index contributed by atoms with van der Waals surface area (Å²) in [6, 6.07) is 0.738. The van der Waals surface area contributed by atoms with E-state index in [2.05, 4.69) is 24.1 Å². The van der Waals surface area contributed by atoms with Gasteiger partial charge in [0.2, 0.25) is 0 Å². The fourth-order valence-electron chi connectivity index (χ4n) is 2.49. The molecule has 1 aliphatic heterocycles. The van der Waals surface area contributed by atoms with Crippen molar-refractivity contribution in [2.75, 3.05) is 26.2 Å². The number of rotatable bonds is 3. The quantitative estimate of drug-likeness (QED) is 0.741. The Kier molecular flexibility index (Phi) is 3.13. The average Bonchev–Trinajstić information content (AvgIpc) is 2.94. The molecule has 1 aliphatic carbocycles. The summed E-state index contributed by atoms with van der Waals surface area (Å²) in [5, 5.41) is 3.61. The van der Waals surface area contributed by atoms with E-state index >= 15 is 0 Å². The second kappa shape index (κ2) is 4.19. The zero-order valence-corrected chi connectivity index (χ0v) is 9.68. The molecular formula is C12H24N2. The first-order valence-corrected chi connectivity index (χ1v) is 6.20. The third kappa shape index (κ3) is 2.29. The Labute approximate surface area is 88.1 Å². The third-order valence-corrected chi connectivity index (χ3v) is 3.86. The zero-order chi connectivity index (χ0) is 10.0. The van der Waals surface area contributed by atoms with E-state index in [-0.39, 0.29) is 0 Å². The van der Waals surface area contributed by atoms with E-state index < -0.39 is 0 Å². The van der Waals surface area contributed by atoms with Gasteiger partial charge in [-0.1, -0.05) is 13.3 Å². The Balaban J connectivity index is 1.90. The van der Waals surface area contributed by atoms with E-state index in [1.807, 2.05) is 0 Å². The molecule has 1 spiro atoms. The van der Waals surface area contributed by atoms with Gasteiger partial charge in [0.25, 0.3) is 0 Å². The molecule has 2 aliphatic rings. The predicted octanol–water partition coefficient (Wildman–Crippen LogP) is 1.86. The maximum Gasteiger partial charge on any atom is 0.0192 e. The highest BCUT2D eigenvalue weighted by Gasteiger charge is 2.45. The van der Waals surface area contributed by atoms with Crippen molar-refractivity contribution in [3.63, 3.8) is 0 Å². The minimum Gasteiger partial charge on any atom is -0.315 e. The van der Waals surface area contributed by atoms with E-state index in [4.69, 9.17) is 0 Å². The lowest BCUT2D eigenvalue weighted by Crippen LogP contribution is -2.38. The number of nitrogens with zero attached hydrogens (tertiary/aromatic N) is 1. The summed E-state index contributed by atoms with van der Waals surface area (Å²) in [4.78, 5) is 2.70. The van der Waals surface area contributed by atoms with Gasteiger partial charge in [0.1, 0.15) is 0 Å². The second-order valence-corrected chi connectivity index (χ2v) is 5.30. The van der Waals surface area contributed by atoms with E-state index in [9.17, 15) is 0 Å². The van der Waals surface area contributed by atoms with Gasteiger partial charge in [-0.05, 0) is 38.1 Å². The fourth-order valence-corrected chi connectivity index (χ4v) is 2.49. The van der Waals surface area contributed by atoms with Crippen molar-refractivity contribution in [3.05, 3.63) is 0 Å². The smallest absolute Gasteiger partial charge is 0.0192 e. The average molecular weight is 196 g/mol. The molecule has 14 heavy (non-hydrogen) atoms. The predicted molar refractivity (Wildman–Crippen MR) is 60.5 cm³/mol. The summed E-state index contributed by atoms with van der Waals surface area (Å²) in [7, 11) is 0. The fraction of sp³-hybridized carbons (Fsp3) is 1.00. The Morgan fingerprint density at radius 2 is 2.21 bits per heavy atom. The van der Waals surface area contributed by atoms with E-state index in [1.54, 1.807) is 0 Å². The molecular weight excluding hydrogens is 172 g/mol. The highest BCUT2D eigenvalue weighted by molar-refractivity contribution is 5.00. The largest absolute Gasteiger partial charge is 0.315 e. The van der Waals surface area contributed by atoms with Crippen molar-refractivity contribution in [3.8, 4) is 0 Å². The van der Waals surface area contributed by atoms with Crippen molar-refractivity contribution in [1.29, 1.82) is 0 Å². The van der Waals surface area contributed by atoms with Crippen LogP contribution < -0.4 is 5.32 Å². The lowest BCUT2D eigenvalue weighted by Gasteiger charge is -2.28. The normalized spacial score (nSPS) is 31.7. The Hall–Kier alpha value is -0.0800. The topological polar surface area (TPSA) is 15.3 Å². The Morgan fingerprint density at radius 1 is 1.43 bits per heavy atom. The van der Waals surface area contributed by atoms with E-state index in [0.29, 0.717) is 5.41 Å². The molecule has 0 radical (unpaired) electrons. The van der Waals surface area contributed by atoms with Crippen LogP contribution >= 0.6 is 0 Å². The molecule has 0 aromatic heterocycles. The van der Waals surface area contributed by atoms with Gasteiger partial charge in [-0.3, -0.25) is 4.90 Å². The molecule has 0 bridgehead atoms. The maximum atomic E-state index is 3.61. The van der Waals surface area contributed by atoms with Gasteiger partial charge in [0.05, 0.1) is 0 Å². The van der Waals surface area contributed by atoms with Crippen LogP contribution in [0.3, 0.4) is 0 Å². The van der Waals surface area contributed by atoms with Crippen LogP contribution in [0.25, 0.3) is 0 Å². The van der Waals surface area contributed by atoms with Gasteiger partial charge in [0, 0.05) is 25.7 Å². The molecule has 2 nitrogen and oxygen atoms in total. The Bertz CT molecular complexity index is 187. The lowest BCUT2D eigenvalue weighted by atomic mass is 10.1. The molecule has 2 rings (SSSR count). The second-order valence-electron chi connectivity index (χ2n) is 5.30. The lowest BCUT2D eigenvalue weighted by molar-refractivity contribution is 0.190. The first-order chi connectivity index (χ1) is 6.76. The van der Waals surface area contributed by atoms with Gasteiger partial charge in [-0.2, -0.15) is 0 Å². The van der Waals surface area contributed by atoms with Crippen LogP contribution in [0.4, 0.5) is 0 Å². The minimum absolute atomic E-state index is 0.679. The van der Waals surface area contributed by atoms with Crippen LogP contribution in [0.15, 0.2) is 0 Å². The highest BCUT2D eigenvalue weighted by Crippen LogP contribution is 2.46. The first-order valence-electron chi connectivity index (χ1n) is 6.20. The molecule has 0 amide bonds. The zero-order valence-electron chi connectivity index (χ0n) is 9.68. The maximum absolute atomic E-state index is 3.61. The van der Waals surface area contributed by atoms with Crippen LogP contribution in [0, 0.1) is 5.41 Å². The van der Waals surface area contributed by atoms with Gasteiger partial charge in [-0.25, -0.2) is 0 Å². The summed E-state index contributed by atoms with van der Waals surface area (Å²) >= 11 is 0. The van der Waals surface area contributed by atoms with Crippen LogP contribution in [-0.2, 0) is 0 Å². The van der Waals surface area contributed by atoms with E-state index in [0.717, 1.165) is 6.04 Å². The van der Waals surface area contributed by atoms with Crippen molar-refractivity contribution >= 4 is 0 Å². The Morgan fingerprint density at radius 3 is 2.86 bits per heavy atom. The highest BCUT2D eigenvalue weighted by atomic mass is 15.2. The molecule has 1 N–H and O–H groups in total.